The molecule has 1 fully saturated rings. The summed E-state index contributed by atoms with van der Waals surface area (Å²) in [6.07, 6.45) is 1.84. The van der Waals surface area contributed by atoms with Gasteiger partial charge in [-0.25, -0.2) is 4.98 Å². The number of aliphatic hydroxyl groups is 2. The van der Waals surface area contributed by atoms with E-state index in [1.54, 1.807) is 0 Å². The van der Waals surface area contributed by atoms with Crippen molar-refractivity contribution in [2.75, 3.05) is 25.2 Å². The Labute approximate surface area is 152 Å². The summed E-state index contributed by atoms with van der Waals surface area (Å²) < 4.78 is 7.57. The van der Waals surface area contributed by atoms with Crippen LogP contribution in [0.25, 0.3) is 11.2 Å². The van der Waals surface area contributed by atoms with E-state index in [1.807, 2.05) is 0 Å². The van der Waals surface area contributed by atoms with Crippen LogP contribution in [0.4, 0.5) is 5.95 Å². The Kier molecular flexibility index (Phi) is 4.85. The Hall–Kier alpha value is -1.19. The van der Waals surface area contributed by atoms with Crippen LogP contribution in [0.2, 0.25) is 0 Å². The van der Waals surface area contributed by atoms with Gasteiger partial charge in [0.2, 0.25) is 5.95 Å². The number of ether oxygens (including phenoxy) is 1. The van der Waals surface area contributed by atoms with Crippen molar-refractivity contribution < 1.29 is 14.9 Å². The molecule has 3 rings (SSSR count). The standard InChI is InChI=1S/C14H21BrN5O4P/c1-25(2,3)5-4-6-8(21)9(22)12(24-6)20-10-7(17-13(20)15)11(23)19-14(16)18-10/h6,8-9,12,21-22H,1,4-5H2,2-3H3,(H3,16,18,19,23)/t6-,8-,9-,12-/m1/s1. The predicted molar refractivity (Wildman–Crippen MR) is 102 cm³/mol. The van der Waals surface area contributed by atoms with Crippen molar-refractivity contribution in [3.05, 3.63) is 15.1 Å². The van der Waals surface area contributed by atoms with E-state index in [1.165, 1.54) is 4.57 Å². The minimum absolute atomic E-state index is 0.0691. The molecule has 0 aliphatic carbocycles. The van der Waals surface area contributed by atoms with Crippen LogP contribution in [-0.4, -0.2) is 73.8 Å². The van der Waals surface area contributed by atoms with Crippen LogP contribution in [0.15, 0.2) is 9.53 Å². The van der Waals surface area contributed by atoms with Gasteiger partial charge in [-0.1, -0.05) is 0 Å². The fourth-order valence-corrected chi connectivity index (χ4v) is 4.36. The molecule has 0 amide bonds. The lowest BCUT2D eigenvalue weighted by Crippen LogP contribution is -2.32. The Bertz CT molecular complexity index is 906. The molecule has 2 aromatic rings. The second-order valence-corrected chi connectivity index (χ2v) is 11.9. The van der Waals surface area contributed by atoms with Gasteiger partial charge >= 0.3 is 0 Å². The summed E-state index contributed by atoms with van der Waals surface area (Å²) >= 11 is 3.26. The molecule has 0 unspecified atom stereocenters. The van der Waals surface area contributed by atoms with Crippen molar-refractivity contribution in [3.63, 3.8) is 0 Å². The number of aromatic nitrogens is 4. The number of rotatable bonds is 4. The van der Waals surface area contributed by atoms with Crippen molar-refractivity contribution in [2.45, 2.75) is 31.0 Å². The number of aliphatic hydroxyl groups excluding tert-OH is 2. The fourth-order valence-electron chi connectivity index (χ4n) is 2.86. The van der Waals surface area contributed by atoms with Gasteiger partial charge < -0.3 is 20.7 Å². The molecular weight excluding hydrogens is 413 g/mol. The Balaban J connectivity index is 1.97. The van der Waals surface area contributed by atoms with E-state index in [2.05, 4.69) is 50.5 Å². The maximum atomic E-state index is 12.0. The molecule has 0 saturated carbocycles. The zero-order valence-electron chi connectivity index (χ0n) is 13.9. The van der Waals surface area contributed by atoms with Crippen molar-refractivity contribution in [3.8, 4) is 0 Å². The van der Waals surface area contributed by atoms with Gasteiger partial charge in [-0.05, 0) is 41.8 Å². The third kappa shape index (κ3) is 3.54. The van der Waals surface area contributed by atoms with E-state index in [0.29, 0.717) is 6.42 Å². The van der Waals surface area contributed by atoms with Crippen LogP contribution >= 0.6 is 22.8 Å². The lowest BCUT2D eigenvalue weighted by atomic mass is 10.1. The molecular formula is C14H21BrN5O4P. The highest BCUT2D eigenvalue weighted by Crippen LogP contribution is 2.40. The van der Waals surface area contributed by atoms with Gasteiger partial charge in [0, 0.05) is 0 Å². The molecule has 3 heterocycles. The quantitative estimate of drug-likeness (QED) is 0.398. The minimum atomic E-state index is -1.28. The predicted octanol–water partition coefficient (Wildman–Crippen LogP) is 0.183. The molecule has 0 radical (unpaired) electrons. The fraction of sp³-hybridized carbons (Fsp3) is 0.571. The number of fused-ring (bicyclic) bond motifs is 1. The van der Waals surface area contributed by atoms with Crippen LogP contribution in [0, 0.1) is 0 Å². The highest BCUT2D eigenvalue weighted by Gasteiger charge is 2.45. The van der Waals surface area contributed by atoms with E-state index in [0.717, 1.165) is 6.16 Å². The highest BCUT2D eigenvalue weighted by molar-refractivity contribution is 9.10. The first-order valence-corrected chi connectivity index (χ1v) is 11.6. The zero-order chi connectivity index (χ0) is 18.5. The van der Waals surface area contributed by atoms with E-state index in [4.69, 9.17) is 10.5 Å². The van der Waals surface area contributed by atoms with Crippen molar-refractivity contribution in [2.24, 2.45) is 0 Å². The summed E-state index contributed by atoms with van der Waals surface area (Å²) in [5, 5.41) is 20.8. The lowest BCUT2D eigenvalue weighted by Gasteiger charge is -2.19. The molecule has 0 spiro atoms. The van der Waals surface area contributed by atoms with Crippen molar-refractivity contribution in [1.82, 2.24) is 19.5 Å². The van der Waals surface area contributed by atoms with Gasteiger partial charge in [0.25, 0.3) is 5.56 Å². The molecule has 4 atom stereocenters. The smallest absolute Gasteiger partial charge is 0.280 e. The molecule has 1 saturated heterocycles. The van der Waals surface area contributed by atoms with Crippen LogP contribution in [0.5, 0.6) is 0 Å². The number of nitrogens with one attached hydrogen (secondary N) is 1. The third-order valence-electron chi connectivity index (χ3n) is 4.14. The molecule has 1 aliphatic heterocycles. The second kappa shape index (κ2) is 6.51. The maximum Gasteiger partial charge on any atom is 0.280 e. The molecule has 9 nitrogen and oxygen atoms in total. The van der Waals surface area contributed by atoms with Crippen molar-refractivity contribution >= 4 is 46.2 Å². The van der Waals surface area contributed by atoms with E-state index >= 15 is 0 Å². The van der Waals surface area contributed by atoms with Crippen LogP contribution in [0.1, 0.15) is 12.6 Å². The van der Waals surface area contributed by atoms with Gasteiger partial charge in [-0.3, -0.25) is 14.3 Å². The second-order valence-electron chi connectivity index (χ2n) is 6.87. The molecule has 0 aromatic carbocycles. The highest BCUT2D eigenvalue weighted by atomic mass is 79.9. The van der Waals surface area contributed by atoms with Gasteiger partial charge in [0.05, 0.1) is 6.10 Å². The number of hydrogen-bond donors (Lipinski definition) is 4. The molecule has 138 valence electrons. The number of anilines is 1. The number of H-pyrrole nitrogens is 1. The summed E-state index contributed by atoms with van der Waals surface area (Å²) in [7, 11) is 0. The number of nitrogens with two attached hydrogens (primary N) is 1. The minimum Gasteiger partial charge on any atom is -0.388 e. The summed E-state index contributed by atoms with van der Waals surface area (Å²) in [6.45, 7) is 2.92. The maximum absolute atomic E-state index is 12.0. The number of hydrogen-bond acceptors (Lipinski definition) is 7. The first-order valence-electron chi connectivity index (χ1n) is 7.70. The average molecular weight is 434 g/mol. The van der Waals surface area contributed by atoms with E-state index < -0.39 is 37.0 Å². The topological polar surface area (TPSA) is 139 Å². The molecule has 2 aromatic heterocycles. The number of aromatic amines is 1. The zero-order valence-corrected chi connectivity index (χ0v) is 16.4. The van der Waals surface area contributed by atoms with Crippen LogP contribution < -0.4 is 11.3 Å². The molecule has 25 heavy (non-hydrogen) atoms. The van der Waals surface area contributed by atoms with Crippen LogP contribution in [-0.2, 0) is 4.74 Å². The summed E-state index contributed by atoms with van der Waals surface area (Å²) in [5.74, 6) is -0.0701. The first-order chi connectivity index (χ1) is 11.6. The Morgan fingerprint density at radius 3 is 2.72 bits per heavy atom. The molecule has 11 heteroatoms. The van der Waals surface area contributed by atoms with Gasteiger partial charge in [0.1, 0.15) is 12.2 Å². The van der Waals surface area contributed by atoms with Crippen molar-refractivity contribution in [1.29, 1.82) is 0 Å². The Morgan fingerprint density at radius 2 is 2.08 bits per heavy atom. The van der Waals surface area contributed by atoms with Gasteiger partial charge in [0.15, 0.2) is 22.1 Å². The summed E-state index contributed by atoms with van der Waals surface area (Å²) in [6, 6.07) is 0. The average Bonchev–Trinajstić information content (AvgIpc) is 2.95. The molecule has 0 bridgehead atoms. The first kappa shape index (κ1) is 18.6. The van der Waals surface area contributed by atoms with E-state index in [-0.39, 0.29) is 21.8 Å². The summed E-state index contributed by atoms with van der Waals surface area (Å²) in [4.78, 5) is 22.5. The van der Waals surface area contributed by atoms with Gasteiger partial charge in [-0.2, -0.15) is 4.98 Å². The number of nitrogen functional groups attached to an aromatic ring is 1. The van der Waals surface area contributed by atoms with Gasteiger partial charge in [-0.15, -0.1) is 13.2 Å². The monoisotopic (exact) mass is 433 g/mol. The molecule has 1 aliphatic rings. The lowest BCUT2D eigenvalue weighted by molar-refractivity contribution is -0.0365. The largest absolute Gasteiger partial charge is 0.388 e. The number of imidazole rings is 1. The SMILES string of the molecule is C=P(C)(C)CC[C@H]1O[C@@H](n2c(Br)nc3c(=O)[nH]c(N)nc32)[C@H](O)[C@@H]1O. The summed E-state index contributed by atoms with van der Waals surface area (Å²) in [5.41, 5.74) is 5.36. The molecule has 5 N–H and O–H groups in total. The number of halogens is 1. The van der Waals surface area contributed by atoms with E-state index in [9.17, 15) is 15.0 Å². The normalized spacial score (nSPS) is 27.2. The van der Waals surface area contributed by atoms with Crippen LogP contribution in [0.3, 0.4) is 0 Å². The Morgan fingerprint density at radius 1 is 1.40 bits per heavy atom. The third-order valence-corrected chi connectivity index (χ3v) is 6.16. The number of nitrogens with zero attached hydrogens (tertiary/aromatic N) is 3.